The van der Waals surface area contributed by atoms with E-state index in [1.165, 1.54) is 11.3 Å². The maximum absolute atomic E-state index is 12.2. The molecule has 2 N–H and O–H groups in total. The van der Waals surface area contributed by atoms with Gasteiger partial charge in [0.2, 0.25) is 0 Å². The number of halogens is 1. The molecule has 100 valence electrons. The van der Waals surface area contributed by atoms with Crippen molar-refractivity contribution in [2.75, 3.05) is 5.73 Å². The number of rotatable bonds is 3. The normalized spacial score (nSPS) is 11.0. The third-order valence-corrected chi connectivity index (χ3v) is 4.75. The van der Waals surface area contributed by atoms with Gasteiger partial charge in [-0.25, -0.2) is 0 Å². The summed E-state index contributed by atoms with van der Waals surface area (Å²) in [5.74, 6) is 0.0861. The Bertz CT molecular complexity index is 614. The molecule has 0 radical (unpaired) electrons. The highest BCUT2D eigenvalue weighted by atomic mass is 79.9. The molecule has 0 atom stereocenters. The minimum Gasteiger partial charge on any atom is -0.390 e. The fraction of sp³-hybridized carbons (Fsp3) is 0.267. The van der Waals surface area contributed by atoms with Crippen LogP contribution in [0.2, 0.25) is 0 Å². The molecule has 1 heterocycles. The van der Waals surface area contributed by atoms with Crippen LogP contribution in [-0.2, 0) is 0 Å². The van der Waals surface area contributed by atoms with Gasteiger partial charge in [0.1, 0.15) is 0 Å². The zero-order chi connectivity index (χ0) is 14.2. The Balaban J connectivity index is 2.53. The molecule has 0 fully saturated rings. The van der Waals surface area contributed by atoms with Crippen molar-refractivity contribution in [2.45, 2.75) is 20.8 Å². The number of carbonyl (C=O) groups is 1. The second-order valence-corrected chi connectivity index (χ2v) is 6.79. The summed E-state index contributed by atoms with van der Waals surface area (Å²) >= 11 is 4.91. The molecule has 0 saturated heterocycles. The first kappa shape index (κ1) is 14.3. The van der Waals surface area contributed by atoms with Crippen molar-refractivity contribution in [3.8, 4) is 10.4 Å². The number of carbonyl (C=O) groups excluding carboxylic acids is 1. The Morgan fingerprint density at radius 3 is 2.37 bits per heavy atom. The molecule has 19 heavy (non-hydrogen) atoms. The molecule has 0 amide bonds. The van der Waals surface area contributed by atoms with Crippen LogP contribution in [0.25, 0.3) is 10.4 Å². The first-order valence-electron chi connectivity index (χ1n) is 6.10. The third-order valence-electron chi connectivity index (χ3n) is 3.05. The van der Waals surface area contributed by atoms with Gasteiger partial charge in [0.15, 0.2) is 5.78 Å². The van der Waals surface area contributed by atoms with Gasteiger partial charge in [-0.3, -0.25) is 4.79 Å². The van der Waals surface area contributed by atoms with Crippen molar-refractivity contribution in [1.82, 2.24) is 0 Å². The Hall–Kier alpha value is -1.13. The number of hydrogen-bond acceptors (Lipinski definition) is 3. The van der Waals surface area contributed by atoms with Crippen LogP contribution in [0.15, 0.2) is 28.7 Å². The molecule has 0 bridgehead atoms. The standard InChI is InChI=1S/C15H16BrNOS/c1-8(2)13(18)12-9(3)14(19-15(12)17)10-4-6-11(16)7-5-10/h4-8H,17H2,1-3H3. The summed E-state index contributed by atoms with van der Waals surface area (Å²) in [7, 11) is 0. The lowest BCUT2D eigenvalue weighted by Crippen LogP contribution is -2.09. The van der Waals surface area contributed by atoms with Gasteiger partial charge in [-0.1, -0.05) is 41.9 Å². The van der Waals surface area contributed by atoms with Crippen LogP contribution in [0.5, 0.6) is 0 Å². The summed E-state index contributed by atoms with van der Waals surface area (Å²) in [6, 6.07) is 8.06. The summed E-state index contributed by atoms with van der Waals surface area (Å²) in [5.41, 5.74) is 8.82. The lowest BCUT2D eigenvalue weighted by Gasteiger charge is -2.05. The summed E-state index contributed by atoms with van der Waals surface area (Å²) in [6.45, 7) is 5.77. The number of benzene rings is 1. The predicted molar refractivity (Wildman–Crippen MR) is 85.8 cm³/mol. The molecule has 0 unspecified atom stereocenters. The topological polar surface area (TPSA) is 43.1 Å². The predicted octanol–water partition coefficient (Wildman–Crippen LogP) is 4.91. The van der Waals surface area contributed by atoms with E-state index in [1.807, 2.05) is 45.0 Å². The van der Waals surface area contributed by atoms with Crippen LogP contribution >= 0.6 is 27.3 Å². The van der Waals surface area contributed by atoms with Gasteiger partial charge < -0.3 is 5.73 Å². The van der Waals surface area contributed by atoms with Gasteiger partial charge in [0.25, 0.3) is 0 Å². The van der Waals surface area contributed by atoms with E-state index in [2.05, 4.69) is 15.9 Å². The van der Waals surface area contributed by atoms with E-state index in [1.54, 1.807) is 0 Å². The van der Waals surface area contributed by atoms with Crippen molar-refractivity contribution in [3.05, 3.63) is 39.9 Å². The molecule has 0 aliphatic rings. The summed E-state index contributed by atoms with van der Waals surface area (Å²) in [5, 5.41) is 0.620. The summed E-state index contributed by atoms with van der Waals surface area (Å²) in [4.78, 5) is 13.3. The van der Waals surface area contributed by atoms with Crippen LogP contribution in [0.1, 0.15) is 29.8 Å². The number of ketones is 1. The minimum absolute atomic E-state index is 0.0339. The molecular weight excluding hydrogens is 322 g/mol. The number of thiophene rings is 1. The van der Waals surface area contributed by atoms with Crippen molar-refractivity contribution in [2.24, 2.45) is 5.92 Å². The largest absolute Gasteiger partial charge is 0.390 e. The van der Waals surface area contributed by atoms with E-state index >= 15 is 0 Å². The second kappa shape index (κ2) is 5.47. The van der Waals surface area contributed by atoms with Crippen LogP contribution in [0.4, 0.5) is 5.00 Å². The minimum atomic E-state index is -0.0339. The monoisotopic (exact) mass is 337 g/mol. The van der Waals surface area contributed by atoms with Gasteiger partial charge >= 0.3 is 0 Å². The highest BCUT2D eigenvalue weighted by Crippen LogP contribution is 2.39. The number of nitrogens with two attached hydrogens (primary N) is 1. The summed E-state index contributed by atoms with van der Waals surface area (Å²) in [6.07, 6.45) is 0. The van der Waals surface area contributed by atoms with Crippen molar-refractivity contribution in [3.63, 3.8) is 0 Å². The lowest BCUT2D eigenvalue weighted by molar-refractivity contribution is 0.0940. The van der Waals surface area contributed by atoms with Crippen molar-refractivity contribution < 1.29 is 4.79 Å². The first-order valence-corrected chi connectivity index (χ1v) is 7.71. The van der Waals surface area contributed by atoms with Crippen LogP contribution < -0.4 is 5.73 Å². The average Bonchev–Trinajstić information content (AvgIpc) is 2.65. The maximum atomic E-state index is 12.2. The highest BCUT2D eigenvalue weighted by Gasteiger charge is 2.22. The molecule has 4 heteroatoms. The number of nitrogen functional groups attached to an aromatic ring is 1. The Kier molecular flexibility index (Phi) is 4.11. The van der Waals surface area contributed by atoms with Crippen molar-refractivity contribution in [1.29, 1.82) is 0 Å². The first-order chi connectivity index (χ1) is 8.91. The molecule has 0 saturated carbocycles. The molecule has 1 aromatic carbocycles. The van der Waals surface area contributed by atoms with E-state index in [-0.39, 0.29) is 11.7 Å². The van der Waals surface area contributed by atoms with E-state index in [9.17, 15) is 4.79 Å². The fourth-order valence-corrected chi connectivity index (χ4v) is 3.36. The summed E-state index contributed by atoms with van der Waals surface area (Å²) < 4.78 is 1.04. The van der Waals surface area contributed by atoms with E-state index < -0.39 is 0 Å². The Labute approximate surface area is 125 Å². The average molecular weight is 338 g/mol. The highest BCUT2D eigenvalue weighted by molar-refractivity contribution is 9.10. The molecule has 1 aromatic heterocycles. The van der Waals surface area contributed by atoms with E-state index in [0.29, 0.717) is 10.6 Å². The second-order valence-electron chi connectivity index (χ2n) is 4.82. The third kappa shape index (κ3) is 2.74. The zero-order valence-electron chi connectivity index (χ0n) is 11.2. The number of anilines is 1. The molecule has 2 rings (SSSR count). The molecule has 0 spiro atoms. The molecule has 2 nitrogen and oxygen atoms in total. The Morgan fingerprint density at radius 1 is 1.26 bits per heavy atom. The number of Topliss-reactive ketones (excluding diaryl/α,β-unsaturated/α-hetero) is 1. The van der Waals surface area contributed by atoms with Crippen LogP contribution in [0, 0.1) is 12.8 Å². The molecular formula is C15H16BrNOS. The van der Waals surface area contributed by atoms with Gasteiger partial charge in [-0.2, -0.15) is 0 Å². The molecule has 2 aromatic rings. The van der Waals surface area contributed by atoms with Gasteiger partial charge in [-0.05, 0) is 30.2 Å². The Morgan fingerprint density at radius 2 is 1.84 bits per heavy atom. The van der Waals surface area contributed by atoms with E-state index in [4.69, 9.17) is 5.73 Å². The van der Waals surface area contributed by atoms with Gasteiger partial charge in [-0.15, -0.1) is 11.3 Å². The van der Waals surface area contributed by atoms with Gasteiger partial charge in [0.05, 0.1) is 10.6 Å². The quantitative estimate of drug-likeness (QED) is 0.808. The maximum Gasteiger partial charge on any atom is 0.168 e. The molecule has 0 aliphatic carbocycles. The van der Waals surface area contributed by atoms with Crippen LogP contribution in [0.3, 0.4) is 0 Å². The zero-order valence-corrected chi connectivity index (χ0v) is 13.6. The lowest BCUT2D eigenvalue weighted by atomic mass is 9.97. The van der Waals surface area contributed by atoms with E-state index in [0.717, 1.165) is 20.5 Å². The molecule has 0 aliphatic heterocycles. The number of hydrogen-bond donors (Lipinski definition) is 1. The smallest absolute Gasteiger partial charge is 0.168 e. The van der Waals surface area contributed by atoms with Crippen LogP contribution in [-0.4, -0.2) is 5.78 Å². The fourth-order valence-electron chi connectivity index (χ4n) is 2.01. The van der Waals surface area contributed by atoms with Crippen molar-refractivity contribution >= 4 is 38.1 Å². The van der Waals surface area contributed by atoms with Gasteiger partial charge in [0, 0.05) is 15.3 Å². The SMILES string of the molecule is Cc1c(-c2ccc(Br)cc2)sc(N)c1C(=O)C(C)C.